The minimum atomic E-state index is -0.254. The fraction of sp³-hybridized carbons (Fsp3) is 0.296. The number of anilines is 1. The molecule has 4 aromatic rings. The van der Waals surface area contributed by atoms with Crippen LogP contribution in [0.1, 0.15) is 64.7 Å². The highest BCUT2D eigenvalue weighted by atomic mass is 16.2. The van der Waals surface area contributed by atoms with E-state index >= 15 is 0 Å². The van der Waals surface area contributed by atoms with Crippen molar-refractivity contribution in [3.8, 4) is 5.82 Å². The molecule has 0 aliphatic heterocycles. The van der Waals surface area contributed by atoms with Crippen molar-refractivity contribution in [1.29, 1.82) is 0 Å². The molecule has 1 fully saturated rings. The molecule has 1 N–H and O–H groups in total. The minimum absolute atomic E-state index is 0.0547. The number of amides is 2. The third-order valence-electron chi connectivity index (χ3n) is 6.36. The van der Waals surface area contributed by atoms with Crippen LogP contribution in [0.3, 0.4) is 0 Å². The maximum absolute atomic E-state index is 13.6. The molecule has 3 aromatic heterocycles. The number of aromatic nitrogens is 4. The Bertz CT molecular complexity index is 1400. The van der Waals surface area contributed by atoms with Gasteiger partial charge < -0.3 is 10.2 Å². The van der Waals surface area contributed by atoms with Crippen LogP contribution in [-0.2, 0) is 0 Å². The van der Waals surface area contributed by atoms with E-state index in [-0.39, 0.29) is 11.8 Å². The molecular weight excluding hydrogens is 440 g/mol. The van der Waals surface area contributed by atoms with Gasteiger partial charge in [0, 0.05) is 42.1 Å². The van der Waals surface area contributed by atoms with Crippen LogP contribution in [0.15, 0.2) is 54.7 Å². The van der Waals surface area contributed by atoms with E-state index in [1.54, 1.807) is 40.0 Å². The standard InChI is InChI=1S/C27H28N6O2/c1-4-32(5-2)27(35)19-9-8-10-20(15-19)29-26(34)21-16-22(18-12-13-18)30-25-24(21)17(3)31-33(25)23-11-6-7-14-28-23/h6-11,14-16,18H,4-5,12-13H2,1-3H3,(H,29,34). The molecule has 0 spiro atoms. The summed E-state index contributed by atoms with van der Waals surface area (Å²) in [6.45, 7) is 7.04. The first-order valence-corrected chi connectivity index (χ1v) is 12.0. The van der Waals surface area contributed by atoms with Crippen LogP contribution in [0, 0.1) is 6.92 Å². The summed E-state index contributed by atoms with van der Waals surface area (Å²) in [4.78, 5) is 37.4. The van der Waals surface area contributed by atoms with E-state index in [2.05, 4.69) is 15.4 Å². The first kappa shape index (κ1) is 22.7. The number of carbonyl (C=O) groups excluding carboxylic acids is 2. The molecule has 0 atom stereocenters. The van der Waals surface area contributed by atoms with Crippen LogP contribution in [0.2, 0.25) is 0 Å². The molecule has 8 heteroatoms. The second kappa shape index (κ2) is 9.29. The van der Waals surface area contributed by atoms with Gasteiger partial charge in [0.1, 0.15) is 0 Å². The number of carbonyl (C=O) groups is 2. The van der Waals surface area contributed by atoms with Crippen LogP contribution in [0.5, 0.6) is 0 Å². The lowest BCUT2D eigenvalue weighted by Crippen LogP contribution is -2.30. The van der Waals surface area contributed by atoms with Gasteiger partial charge in [-0.15, -0.1) is 0 Å². The van der Waals surface area contributed by atoms with E-state index in [1.165, 1.54) is 0 Å². The lowest BCUT2D eigenvalue weighted by molar-refractivity contribution is 0.0772. The van der Waals surface area contributed by atoms with Gasteiger partial charge in [-0.1, -0.05) is 12.1 Å². The van der Waals surface area contributed by atoms with Crippen molar-refractivity contribution in [3.05, 3.63) is 77.2 Å². The molecule has 5 rings (SSSR count). The summed E-state index contributed by atoms with van der Waals surface area (Å²) in [6.07, 6.45) is 3.83. The predicted molar refractivity (Wildman–Crippen MR) is 135 cm³/mol. The Labute approximate surface area is 204 Å². The van der Waals surface area contributed by atoms with Crippen LogP contribution in [-0.4, -0.2) is 49.6 Å². The first-order valence-electron chi connectivity index (χ1n) is 12.0. The lowest BCUT2D eigenvalue weighted by Gasteiger charge is -2.19. The number of hydrogen-bond donors (Lipinski definition) is 1. The maximum Gasteiger partial charge on any atom is 0.256 e. The monoisotopic (exact) mass is 468 g/mol. The fourth-order valence-corrected chi connectivity index (χ4v) is 4.34. The topological polar surface area (TPSA) is 93.0 Å². The van der Waals surface area contributed by atoms with Crippen LogP contribution >= 0.6 is 0 Å². The molecule has 2 amide bonds. The van der Waals surface area contributed by atoms with Gasteiger partial charge in [-0.2, -0.15) is 9.78 Å². The predicted octanol–water partition coefficient (Wildman–Crippen LogP) is 4.74. The Hall–Kier alpha value is -4.07. The molecule has 1 aromatic carbocycles. The average molecular weight is 469 g/mol. The van der Waals surface area contributed by atoms with Gasteiger partial charge in [-0.05, 0) is 70.0 Å². The molecule has 178 valence electrons. The summed E-state index contributed by atoms with van der Waals surface area (Å²) in [6, 6.07) is 14.6. The summed E-state index contributed by atoms with van der Waals surface area (Å²) in [5.74, 6) is 0.699. The molecule has 35 heavy (non-hydrogen) atoms. The Balaban J connectivity index is 1.54. The molecular formula is C27H28N6O2. The van der Waals surface area contributed by atoms with Gasteiger partial charge in [-0.25, -0.2) is 9.97 Å². The average Bonchev–Trinajstić information content (AvgIpc) is 3.68. The van der Waals surface area contributed by atoms with E-state index < -0.39 is 0 Å². The van der Waals surface area contributed by atoms with Gasteiger partial charge in [0.15, 0.2) is 11.5 Å². The van der Waals surface area contributed by atoms with Crippen LogP contribution < -0.4 is 5.32 Å². The van der Waals surface area contributed by atoms with Gasteiger partial charge in [0.05, 0.1) is 16.6 Å². The molecule has 3 heterocycles. The number of pyridine rings is 2. The van der Waals surface area contributed by atoms with Crippen molar-refractivity contribution < 1.29 is 9.59 Å². The largest absolute Gasteiger partial charge is 0.339 e. The van der Waals surface area contributed by atoms with Crippen LogP contribution in [0.4, 0.5) is 5.69 Å². The summed E-state index contributed by atoms with van der Waals surface area (Å²) in [5.41, 5.74) is 3.87. The number of rotatable bonds is 7. The first-order chi connectivity index (χ1) is 17.0. The van der Waals surface area contributed by atoms with E-state index in [4.69, 9.17) is 4.98 Å². The molecule has 8 nitrogen and oxygen atoms in total. The van der Waals surface area contributed by atoms with Crippen molar-refractivity contribution in [2.75, 3.05) is 18.4 Å². The zero-order valence-corrected chi connectivity index (χ0v) is 20.2. The quantitative estimate of drug-likeness (QED) is 0.423. The number of aryl methyl sites for hydroxylation is 1. The molecule has 1 aliphatic carbocycles. The van der Waals surface area contributed by atoms with Gasteiger partial charge in [-0.3, -0.25) is 9.59 Å². The lowest BCUT2D eigenvalue weighted by atomic mass is 10.1. The van der Waals surface area contributed by atoms with E-state index in [0.29, 0.717) is 58.4 Å². The minimum Gasteiger partial charge on any atom is -0.339 e. The third-order valence-corrected chi connectivity index (χ3v) is 6.36. The Morgan fingerprint density at radius 2 is 1.89 bits per heavy atom. The van der Waals surface area contributed by atoms with E-state index in [0.717, 1.165) is 18.5 Å². The number of fused-ring (bicyclic) bond motifs is 1. The fourth-order valence-electron chi connectivity index (χ4n) is 4.34. The summed E-state index contributed by atoms with van der Waals surface area (Å²) in [5, 5.41) is 8.36. The number of nitrogens with zero attached hydrogens (tertiary/aromatic N) is 5. The normalized spacial score (nSPS) is 13.1. The number of hydrogen-bond acceptors (Lipinski definition) is 5. The summed E-state index contributed by atoms with van der Waals surface area (Å²) < 4.78 is 1.71. The molecule has 0 bridgehead atoms. The Kier molecular flexibility index (Phi) is 6.03. The highest BCUT2D eigenvalue weighted by Gasteiger charge is 2.29. The van der Waals surface area contributed by atoms with Crippen molar-refractivity contribution >= 4 is 28.5 Å². The third kappa shape index (κ3) is 4.39. The number of nitrogens with one attached hydrogen (secondary N) is 1. The van der Waals surface area contributed by atoms with Crippen molar-refractivity contribution in [3.63, 3.8) is 0 Å². The van der Waals surface area contributed by atoms with Gasteiger partial charge >= 0.3 is 0 Å². The van der Waals surface area contributed by atoms with Crippen molar-refractivity contribution in [1.82, 2.24) is 24.6 Å². The van der Waals surface area contributed by atoms with Crippen LogP contribution in [0.25, 0.3) is 16.9 Å². The maximum atomic E-state index is 13.6. The molecule has 1 aliphatic rings. The Morgan fingerprint density at radius 3 is 2.57 bits per heavy atom. The highest BCUT2D eigenvalue weighted by molar-refractivity contribution is 6.13. The SMILES string of the molecule is CCN(CC)C(=O)c1cccc(NC(=O)c2cc(C3CC3)nc3c2c(C)nn3-c2ccccn2)c1. The summed E-state index contributed by atoms with van der Waals surface area (Å²) in [7, 11) is 0. The zero-order valence-electron chi connectivity index (χ0n) is 20.2. The summed E-state index contributed by atoms with van der Waals surface area (Å²) >= 11 is 0. The highest BCUT2D eigenvalue weighted by Crippen LogP contribution is 2.40. The second-order valence-electron chi connectivity index (χ2n) is 8.77. The smallest absolute Gasteiger partial charge is 0.256 e. The van der Waals surface area contributed by atoms with Crippen molar-refractivity contribution in [2.45, 2.75) is 39.5 Å². The number of benzene rings is 1. The molecule has 0 unspecified atom stereocenters. The molecule has 0 radical (unpaired) electrons. The van der Waals surface area contributed by atoms with E-state index in [9.17, 15) is 9.59 Å². The zero-order chi connectivity index (χ0) is 24.5. The molecule has 0 saturated heterocycles. The van der Waals surface area contributed by atoms with Crippen molar-refractivity contribution in [2.24, 2.45) is 0 Å². The second-order valence-corrected chi connectivity index (χ2v) is 8.77. The van der Waals surface area contributed by atoms with E-state index in [1.807, 2.05) is 45.0 Å². The van der Waals surface area contributed by atoms with Gasteiger partial charge in [0.2, 0.25) is 0 Å². The Morgan fingerprint density at radius 1 is 1.09 bits per heavy atom. The van der Waals surface area contributed by atoms with Gasteiger partial charge in [0.25, 0.3) is 11.8 Å². The molecule has 1 saturated carbocycles.